The van der Waals surface area contributed by atoms with E-state index < -0.39 is 23.2 Å². The molecule has 1 aromatic heterocycles. The monoisotopic (exact) mass is 442 g/mol. The first kappa shape index (κ1) is 22.6. The van der Waals surface area contributed by atoms with E-state index in [1.807, 2.05) is 0 Å². The molecule has 3 rings (SSSR count). The number of rotatable bonds is 9. The number of ether oxygens (including phenoxy) is 4. The summed E-state index contributed by atoms with van der Waals surface area (Å²) < 4.78 is 21.3. The topological polar surface area (TPSA) is 126 Å². The Morgan fingerprint density at radius 3 is 2.56 bits per heavy atom. The van der Waals surface area contributed by atoms with Crippen molar-refractivity contribution in [1.82, 2.24) is 9.55 Å². The fourth-order valence-corrected chi connectivity index (χ4v) is 2.98. The first-order valence-electron chi connectivity index (χ1n) is 9.71. The molecule has 0 spiro atoms. The van der Waals surface area contributed by atoms with Crippen LogP contribution in [0, 0.1) is 0 Å². The van der Waals surface area contributed by atoms with Crippen LogP contribution >= 0.6 is 0 Å². The summed E-state index contributed by atoms with van der Waals surface area (Å²) in [6, 6.07) is 11.1. The van der Waals surface area contributed by atoms with E-state index in [4.69, 9.17) is 14.2 Å². The van der Waals surface area contributed by atoms with E-state index in [0.29, 0.717) is 16.7 Å². The summed E-state index contributed by atoms with van der Waals surface area (Å²) in [5, 5.41) is 0.404. The third-order valence-electron chi connectivity index (χ3n) is 4.62. The van der Waals surface area contributed by atoms with Crippen molar-refractivity contribution in [3.05, 3.63) is 68.9 Å². The summed E-state index contributed by atoms with van der Waals surface area (Å²) in [6.07, 6.45) is 0.259. The molecule has 0 atom stereocenters. The van der Waals surface area contributed by atoms with E-state index >= 15 is 0 Å². The highest BCUT2D eigenvalue weighted by molar-refractivity contribution is 5.90. The van der Waals surface area contributed by atoms with Crippen LogP contribution in [0.3, 0.4) is 0 Å². The van der Waals surface area contributed by atoms with Crippen molar-refractivity contribution in [3.8, 4) is 11.5 Å². The maximum absolute atomic E-state index is 12.5. The first-order valence-corrected chi connectivity index (χ1v) is 9.71. The Hall–Kier alpha value is -4.08. The van der Waals surface area contributed by atoms with Gasteiger partial charge in [0.15, 0.2) is 18.1 Å². The number of nitrogens with one attached hydrogen (secondary N) is 1. The van der Waals surface area contributed by atoms with Gasteiger partial charge in [0.05, 0.1) is 37.3 Å². The van der Waals surface area contributed by atoms with E-state index in [1.54, 1.807) is 24.3 Å². The maximum Gasteiger partial charge on any atom is 0.343 e. The minimum Gasteiger partial charge on any atom is -0.493 e. The molecule has 10 nitrogen and oxygen atoms in total. The standard InChI is InChI=1S/C22H22N2O8/c1-29-17-9-8-14(12-18(17)32-13-19(25)30-2)21(27)31-11-5-10-24-20(26)15-6-3-4-7-16(15)23-22(24)28/h3-4,6-9,12H,5,10-11,13H2,1-2H3,(H,23,28). The van der Waals surface area contributed by atoms with Gasteiger partial charge < -0.3 is 23.9 Å². The predicted molar refractivity (Wildman–Crippen MR) is 114 cm³/mol. The van der Waals surface area contributed by atoms with Crippen molar-refractivity contribution < 1.29 is 28.5 Å². The fourth-order valence-electron chi connectivity index (χ4n) is 2.98. The predicted octanol–water partition coefficient (Wildman–Crippen LogP) is 1.50. The number of carbonyl (C=O) groups is 2. The van der Waals surface area contributed by atoms with Crippen molar-refractivity contribution in [2.24, 2.45) is 0 Å². The summed E-state index contributed by atoms with van der Waals surface area (Å²) in [7, 11) is 2.66. The van der Waals surface area contributed by atoms with Gasteiger partial charge >= 0.3 is 17.6 Å². The summed E-state index contributed by atoms with van der Waals surface area (Å²) in [6.45, 7) is -0.273. The number of H-pyrrole nitrogens is 1. The molecule has 0 aliphatic heterocycles. The molecule has 0 saturated carbocycles. The lowest BCUT2D eigenvalue weighted by Crippen LogP contribution is -2.35. The lowest BCUT2D eigenvalue weighted by Gasteiger charge is -2.12. The molecule has 0 radical (unpaired) electrons. The molecule has 0 aliphatic rings. The number of methoxy groups -OCH3 is 2. The third kappa shape index (κ3) is 5.15. The number of para-hydroxylation sites is 1. The summed E-state index contributed by atoms with van der Waals surface area (Å²) in [4.78, 5) is 51.0. The Balaban J connectivity index is 1.62. The Bertz CT molecular complexity index is 1240. The lowest BCUT2D eigenvalue weighted by molar-refractivity contribution is -0.142. The molecule has 0 fully saturated rings. The van der Waals surface area contributed by atoms with Crippen LogP contribution in [0.1, 0.15) is 16.8 Å². The van der Waals surface area contributed by atoms with Crippen molar-refractivity contribution >= 4 is 22.8 Å². The quantitative estimate of drug-likeness (QED) is 0.390. The van der Waals surface area contributed by atoms with Crippen molar-refractivity contribution in [2.75, 3.05) is 27.4 Å². The smallest absolute Gasteiger partial charge is 0.343 e. The minimum atomic E-state index is -0.629. The highest BCUT2D eigenvalue weighted by atomic mass is 16.6. The number of nitrogens with zero attached hydrogens (tertiary/aromatic N) is 1. The zero-order valence-electron chi connectivity index (χ0n) is 17.6. The largest absolute Gasteiger partial charge is 0.493 e. The molecule has 1 N–H and O–H groups in total. The average molecular weight is 442 g/mol. The van der Waals surface area contributed by atoms with E-state index in [-0.39, 0.29) is 37.5 Å². The Labute approximate surface area is 182 Å². The second-order valence-corrected chi connectivity index (χ2v) is 6.65. The Kier molecular flexibility index (Phi) is 7.27. The Morgan fingerprint density at radius 2 is 1.81 bits per heavy atom. The number of hydrogen-bond acceptors (Lipinski definition) is 8. The number of aromatic amines is 1. The highest BCUT2D eigenvalue weighted by Gasteiger charge is 2.14. The van der Waals surface area contributed by atoms with Crippen molar-refractivity contribution in [2.45, 2.75) is 13.0 Å². The fraction of sp³-hybridized carbons (Fsp3) is 0.273. The number of aromatic nitrogens is 2. The van der Waals surface area contributed by atoms with Crippen LogP contribution in [0.15, 0.2) is 52.1 Å². The molecule has 0 bridgehead atoms. The van der Waals surface area contributed by atoms with Gasteiger partial charge in [-0.1, -0.05) is 12.1 Å². The molecule has 0 saturated heterocycles. The van der Waals surface area contributed by atoms with Gasteiger partial charge in [0.1, 0.15) is 0 Å². The minimum absolute atomic E-state index is 0.0120. The van der Waals surface area contributed by atoms with Crippen LogP contribution in [-0.4, -0.2) is 48.9 Å². The van der Waals surface area contributed by atoms with Crippen LogP contribution in [0.5, 0.6) is 11.5 Å². The molecule has 1 heterocycles. The van der Waals surface area contributed by atoms with Gasteiger partial charge in [0.25, 0.3) is 5.56 Å². The van der Waals surface area contributed by atoms with Gasteiger partial charge in [-0.25, -0.2) is 14.4 Å². The SMILES string of the molecule is COC(=O)COc1cc(C(=O)OCCCn2c(=O)[nH]c3ccccc3c2=O)ccc1OC. The molecule has 168 valence electrons. The van der Waals surface area contributed by atoms with E-state index in [9.17, 15) is 19.2 Å². The van der Waals surface area contributed by atoms with Crippen LogP contribution in [0.25, 0.3) is 10.9 Å². The molecule has 0 amide bonds. The molecular formula is C22H22N2O8. The molecule has 10 heteroatoms. The van der Waals surface area contributed by atoms with Gasteiger partial charge in [0.2, 0.25) is 0 Å². The molecular weight excluding hydrogens is 420 g/mol. The average Bonchev–Trinajstić information content (AvgIpc) is 2.81. The second kappa shape index (κ2) is 10.3. The molecule has 32 heavy (non-hydrogen) atoms. The lowest BCUT2D eigenvalue weighted by atomic mass is 10.2. The van der Waals surface area contributed by atoms with E-state index in [0.717, 1.165) is 4.57 Å². The normalized spacial score (nSPS) is 10.6. The van der Waals surface area contributed by atoms with E-state index in [2.05, 4.69) is 9.72 Å². The van der Waals surface area contributed by atoms with Gasteiger partial charge in [0, 0.05) is 6.54 Å². The third-order valence-corrected chi connectivity index (χ3v) is 4.62. The van der Waals surface area contributed by atoms with Gasteiger partial charge in [-0.2, -0.15) is 0 Å². The van der Waals surface area contributed by atoms with Gasteiger partial charge in [-0.3, -0.25) is 9.36 Å². The summed E-state index contributed by atoms with van der Waals surface area (Å²) >= 11 is 0. The van der Waals surface area contributed by atoms with Crippen LogP contribution in [0.4, 0.5) is 0 Å². The number of hydrogen-bond donors (Lipinski definition) is 1. The van der Waals surface area contributed by atoms with Crippen LogP contribution in [-0.2, 0) is 20.8 Å². The van der Waals surface area contributed by atoms with E-state index in [1.165, 1.54) is 32.4 Å². The van der Waals surface area contributed by atoms with Crippen LogP contribution < -0.4 is 20.7 Å². The molecule has 3 aromatic rings. The van der Waals surface area contributed by atoms with Gasteiger partial charge in [-0.05, 0) is 36.8 Å². The second-order valence-electron chi connectivity index (χ2n) is 6.65. The van der Waals surface area contributed by atoms with Gasteiger partial charge in [-0.15, -0.1) is 0 Å². The van der Waals surface area contributed by atoms with Crippen molar-refractivity contribution in [1.29, 1.82) is 0 Å². The number of esters is 2. The molecule has 0 aliphatic carbocycles. The first-order chi connectivity index (χ1) is 15.4. The zero-order chi connectivity index (χ0) is 23.1. The van der Waals surface area contributed by atoms with Crippen LogP contribution in [0.2, 0.25) is 0 Å². The zero-order valence-corrected chi connectivity index (χ0v) is 17.6. The number of carbonyl (C=O) groups excluding carboxylic acids is 2. The molecule has 0 unspecified atom stereocenters. The summed E-state index contributed by atoms with van der Waals surface area (Å²) in [5.74, 6) is -0.698. The highest BCUT2D eigenvalue weighted by Crippen LogP contribution is 2.28. The molecule has 2 aromatic carbocycles. The maximum atomic E-state index is 12.5. The Morgan fingerprint density at radius 1 is 1.03 bits per heavy atom. The summed E-state index contributed by atoms with van der Waals surface area (Å²) in [5.41, 5.74) is -0.276. The number of fused-ring (bicyclic) bond motifs is 1. The van der Waals surface area contributed by atoms with Crippen molar-refractivity contribution in [3.63, 3.8) is 0 Å². The number of benzene rings is 2.